The van der Waals surface area contributed by atoms with E-state index in [4.69, 9.17) is 16.8 Å². The van der Waals surface area contributed by atoms with Gasteiger partial charge in [0.2, 0.25) is 0 Å². The Morgan fingerprint density at radius 1 is 0.768 bits per heavy atom. The molecule has 0 spiro atoms. The molecule has 0 aliphatic rings. The molecule has 0 aliphatic heterocycles. The molecule has 69 heavy (non-hydrogen) atoms. The molecule has 6 aromatic carbocycles. The Hall–Kier alpha value is -5.89. The molecule has 10 rings (SSSR count). The second kappa shape index (κ2) is 19.5. The second-order valence-corrected chi connectivity index (χ2v) is 26.6. The zero-order chi connectivity index (χ0) is 52.4. The van der Waals surface area contributed by atoms with Crippen LogP contribution >= 0.6 is 11.3 Å². The molecule has 4 aromatic heterocycles. The van der Waals surface area contributed by atoms with Gasteiger partial charge in [0.25, 0.3) is 0 Å². The molecule has 4 nitrogen and oxygen atoms in total. The van der Waals surface area contributed by atoms with Crippen LogP contribution in [0.3, 0.4) is 0 Å². The van der Waals surface area contributed by atoms with Gasteiger partial charge in [-0.1, -0.05) is 152 Å². The first-order chi connectivity index (χ1) is 34.3. The van der Waals surface area contributed by atoms with Crippen LogP contribution in [0.2, 0.25) is 19.6 Å². The predicted octanol–water partition coefficient (Wildman–Crippen LogP) is 16.3. The van der Waals surface area contributed by atoms with Gasteiger partial charge in [-0.15, -0.1) is 53.1 Å². The summed E-state index contributed by atoms with van der Waals surface area (Å²) < 4.78 is 57.1. The maximum absolute atomic E-state index is 13.6. The van der Waals surface area contributed by atoms with Gasteiger partial charge >= 0.3 is 0 Å². The third kappa shape index (κ3) is 10.5. The number of thiophene rings is 1. The Morgan fingerprint density at radius 3 is 2.19 bits per heavy atom. The molecule has 0 fully saturated rings. The number of aromatic nitrogens is 4. The van der Waals surface area contributed by atoms with Gasteiger partial charge in [0.15, 0.2) is 0 Å². The molecule has 10 aromatic rings. The summed E-state index contributed by atoms with van der Waals surface area (Å²) in [6, 6.07) is 51.7. The fourth-order valence-electron chi connectivity index (χ4n) is 8.59. The van der Waals surface area contributed by atoms with E-state index in [0.717, 1.165) is 81.5 Å². The number of aryl methyl sites for hydroxylation is 2. The molecule has 1 radical (unpaired) electrons. The normalized spacial score (nSPS) is 13.5. The van der Waals surface area contributed by atoms with Crippen LogP contribution in [-0.2, 0) is 31.9 Å². The average Bonchev–Trinajstić information content (AvgIpc) is 3.93. The van der Waals surface area contributed by atoms with E-state index in [2.05, 4.69) is 148 Å². The van der Waals surface area contributed by atoms with Crippen molar-refractivity contribution in [1.82, 2.24) is 19.5 Å². The molecule has 0 N–H and O–H groups in total. The van der Waals surface area contributed by atoms with E-state index in [9.17, 15) is 4.39 Å². The van der Waals surface area contributed by atoms with Gasteiger partial charge in [-0.3, -0.25) is 4.98 Å². The molecule has 351 valence electrons. The largest absolute Gasteiger partial charge is 0.333 e. The van der Waals surface area contributed by atoms with E-state index in [0.29, 0.717) is 16.8 Å². The number of hydrogen-bond acceptors (Lipinski definition) is 4. The minimum atomic E-state index is -2.17. The van der Waals surface area contributed by atoms with Crippen molar-refractivity contribution in [2.75, 3.05) is 0 Å². The van der Waals surface area contributed by atoms with Crippen LogP contribution in [0.4, 0.5) is 4.39 Å². The number of halogens is 1. The molecular formula is C61H59FIrN4SSi-2. The first-order valence-electron chi connectivity index (χ1n) is 25.5. The van der Waals surface area contributed by atoms with Gasteiger partial charge < -0.3 is 9.55 Å². The Balaban J connectivity index is 0.000000224. The number of nitrogens with zero attached hydrogens (tertiary/aromatic N) is 4. The summed E-state index contributed by atoms with van der Waals surface area (Å²) in [6.07, 6.45) is 0.269. The number of para-hydroxylation sites is 2. The molecule has 0 atom stereocenters. The number of fused-ring (bicyclic) bond motifs is 4. The maximum atomic E-state index is 13.6. The standard InChI is InChI=1S/C41H31FN3S.C20H28NSi.Ir/c1-25-14-20-31(38-37(25)30-21-22-33(44-40(30)46-38)27-15-18-29(42)19-16-27)39-43-34-12-8-9-13-36(34)45(39)35-23-17-28(41(2,3)4)24-32(35)26-10-6-5-7-11-26;1-15-8-10-16(11-9-15)18-12-17(13-20(2,3)4)19(14-21-18)22(5,6)7;/h5-19,21-24H,1-4H3;8-10,12,14H,13H2,1-7H3;/q2*-1;/i;1D3,13D2;. The van der Waals surface area contributed by atoms with Crippen LogP contribution < -0.4 is 5.19 Å². The minimum absolute atomic E-state index is 0. The van der Waals surface area contributed by atoms with Crippen molar-refractivity contribution in [2.45, 2.75) is 86.7 Å². The third-order valence-electron chi connectivity index (χ3n) is 12.0. The van der Waals surface area contributed by atoms with Gasteiger partial charge in [0.1, 0.15) is 10.6 Å². The van der Waals surface area contributed by atoms with Crippen LogP contribution in [0, 0.1) is 37.1 Å². The first-order valence-corrected chi connectivity index (χ1v) is 27.4. The molecule has 0 amide bonds. The molecule has 0 saturated heterocycles. The smallest absolute Gasteiger partial charge is 0.123 e. The summed E-state index contributed by atoms with van der Waals surface area (Å²) in [5, 5.41) is 3.27. The zero-order valence-corrected chi connectivity index (χ0v) is 45.0. The van der Waals surface area contributed by atoms with Crippen LogP contribution in [-0.4, -0.2) is 27.6 Å². The zero-order valence-electron chi connectivity index (χ0n) is 45.8. The number of pyridine rings is 2. The number of benzene rings is 6. The van der Waals surface area contributed by atoms with Crippen LogP contribution in [0.5, 0.6) is 0 Å². The van der Waals surface area contributed by atoms with Gasteiger partial charge in [-0.2, -0.15) is 11.3 Å². The van der Waals surface area contributed by atoms with E-state index < -0.39 is 26.7 Å². The molecule has 4 heterocycles. The third-order valence-corrected chi connectivity index (χ3v) is 15.2. The van der Waals surface area contributed by atoms with Gasteiger partial charge in [-0.05, 0) is 98.5 Å². The second-order valence-electron chi connectivity index (χ2n) is 20.5. The fraction of sp³-hybridized carbons (Fsp3) is 0.230. The van der Waals surface area contributed by atoms with Gasteiger partial charge in [0, 0.05) is 55.4 Å². The molecule has 0 bridgehead atoms. The van der Waals surface area contributed by atoms with Crippen molar-refractivity contribution in [3.05, 3.63) is 186 Å². The van der Waals surface area contributed by atoms with Crippen molar-refractivity contribution in [1.29, 1.82) is 0 Å². The van der Waals surface area contributed by atoms with Crippen LogP contribution in [0.15, 0.2) is 146 Å². The van der Waals surface area contributed by atoms with Gasteiger partial charge in [-0.25, -0.2) is 9.37 Å². The van der Waals surface area contributed by atoms with E-state index >= 15 is 0 Å². The van der Waals surface area contributed by atoms with Crippen molar-refractivity contribution in [3.8, 4) is 50.7 Å². The quantitative estimate of drug-likeness (QED) is 0.118. The van der Waals surface area contributed by atoms with E-state index in [1.165, 1.54) is 23.8 Å². The fourth-order valence-corrected chi connectivity index (χ4v) is 11.2. The summed E-state index contributed by atoms with van der Waals surface area (Å²) in [7, 11) is -1.81. The van der Waals surface area contributed by atoms with Crippen LogP contribution in [0.1, 0.15) is 70.7 Å². The van der Waals surface area contributed by atoms with Crippen molar-refractivity contribution >= 4 is 55.9 Å². The first kappa shape index (κ1) is 43.2. The summed E-state index contributed by atoms with van der Waals surface area (Å²) >= 11 is 1.66. The molecule has 0 aliphatic carbocycles. The number of imidazole rings is 1. The molecule has 0 unspecified atom stereocenters. The summed E-state index contributed by atoms with van der Waals surface area (Å²) in [4.78, 5) is 15.8. The Bertz CT molecular complexity index is 3660. The number of rotatable bonds is 7. The van der Waals surface area contributed by atoms with Crippen LogP contribution in [0.25, 0.3) is 82.1 Å². The van der Waals surface area contributed by atoms with Gasteiger partial charge in [0.05, 0.1) is 30.6 Å². The predicted molar refractivity (Wildman–Crippen MR) is 290 cm³/mol. The van der Waals surface area contributed by atoms with Crippen molar-refractivity contribution in [3.63, 3.8) is 0 Å². The van der Waals surface area contributed by atoms with Crippen molar-refractivity contribution in [2.24, 2.45) is 5.41 Å². The summed E-state index contributed by atoms with van der Waals surface area (Å²) in [6.45, 7) is 19.0. The molecular weight excluding hydrogens is 1060 g/mol. The van der Waals surface area contributed by atoms with E-state index in [-0.39, 0.29) is 36.9 Å². The molecule has 0 saturated carbocycles. The summed E-state index contributed by atoms with van der Waals surface area (Å²) in [5.74, 6) is 0.589. The monoisotopic (exact) mass is 1120 g/mol. The maximum Gasteiger partial charge on any atom is 0.123 e. The van der Waals surface area contributed by atoms with E-state index in [1.54, 1.807) is 41.8 Å². The average molecular weight is 1120 g/mol. The van der Waals surface area contributed by atoms with Crippen molar-refractivity contribution < 1.29 is 31.3 Å². The number of hydrogen-bond donors (Lipinski definition) is 0. The molecule has 8 heteroatoms. The Labute approximate surface area is 433 Å². The minimum Gasteiger partial charge on any atom is -0.333 e. The Kier molecular flexibility index (Phi) is 12.2. The SMILES string of the molecule is Cc1c[c-]c(-c2nc3ccccc3n2-c2ccc(C(C)(C)C)cc2-c2ccccc2)c2sc3nc(-c4ccc(F)cc4)ccc3c12.[2H]C([2H])([2H])c1c[c-]c(-c2cc(C([2H])([2H])C(C)(C)C)c([Si](C)(C)C)cn2)cc1.[Ir]. The summed E-state index contributed by atoms with van der Waals surface area (Å²) in [5.41, 5.74) is 12.0. The Morgan fingerprint density at radius 2 is 1.51 bits per heavy atom. The topological polar surface area (TPSA) is 43.6 Å². The van der Waals surface area contributed by atoms with E-state index in [1.807, 2.05) is 39.0 Å².